The second-order valence-electron chi connectivity index (χ2n) is 5.38. The summed E-state index contributed by atoms with van der Waals surface area (Å²) in [5.74, 6) is 0. The van der Waals surface area contributed by atoms with E-state index in [9.17, 15) is 21.6 Å². The molecule has 0 unspecified atom stereocenters. The van der Waals surface area contributed by atoms with Crippen LogP contribution >= 0.6 is 0 Å². The van der Waals surface area contributed by atoms with Crippen LogP contribution in [0.2, 0.25) is 0 Å². The molecule has 3 aromatic rings. The Morgan fingerprint density at radius 3 is 2.73 bits per heavy atom. The Kier molecular flexibility index (Phi) is 4.15. The van der Waals surface area contributed by atoms with Crippen molar-refractivity contribution >= 4 is 26.6 Å². The number of aryl methyl sites for hydroxylation is 1. The van der Waals surface area contributed by atoms with Gasteiger partial charge in [0.15, 0.2) is 5.69 Å². The van der Waals surface area contributed by atoms with Gasteiger partial charge >= 0.3 is 6.18 Å². The van der Waals surface area contributed by atoms with Crippen LogP contribution in [0.4, 0.5) is 18.9 Å². The number of benzene rings is 1. The minimum absolute atomic E-state index is 0.00406. The molecule has 2 aromatic heterocycles. The topological polar surface area (TPSA) is 104 Å². The smallest absolute Gasteiger partial charge is 0.360 e. The van der Waals surface area contributed by atoms with Crippen LogP contribution in [0.15, 0.2) is 35.5 Å². The van der Waals surface area contributed by atoms with E-state index >= 15 is 0 Å². The van der Waals surface area contributed by atoms with E-state index in [1.165, 1.54) is 10.9 Å². The van der Waals surface area contributed by atoms with Crippen LogP contribution in [0.5, 0.6) is 0 Å². The molecule has 0 fully saturated rings. The van der Waals surface area contributed by atoms with Gasteiger partial charge < -0.3 is 4.98 Å². The minimum Gasteiger partial charge on any atom is -0.360 e. The van der Waals surface area contributed by atoms with Crippen molar-refractivity contribution < 1.29 is 21.6 Å². The first-order valence-corrected chi connectivity index (χ1v) is 8.82. The van der Waals surface area contributed by atoms with Gasteiger partial charge in [0.2, 0.25) is 0 Å². The highest BCUT2D eigenvalue weighted by atomic mass is 32.2. The van der Waals surface area contributed by atoms with E-state index < -0.39 is 21.8 Å². The molecule has 0 aliphatic rings. The van der Waals surface area contributed by atoms with E-state index in [1.807, 2.05) is 0 Å². The number of fused-ring (bicyclic) bond motifs is 1. The number of alkyl halides is 3. The zero-order valence-electron chi connectivity index (χ0n) is 13.3. The van der Waals surface area contributed by atoms with Gasteiger partial charge in [-0.25, -0.2) is 8.42 Å². The van der Waals surface area contributed by atoms with Crippen LogP contribution in [0, 0.1) is 11.3 Å². The van der Waals surface area contributed by atoms with Crippen LogP contribution in [-0.4, -0.2) is 23.2 Å². The molecule has 0 spiro atoms. The third-order valence-corrected chi connectivity index (χ3v) is 5.10. The van der Waals surface area contributed by atoms with Crippen molar-refractivity contribution in [3.63, 3.8) is 0 Å². The molecule has 0 atom stereocenters. The summed E-state index contributed by atoms with van der Waals surface area (Å²) in [5.41, 5.74) is -0.963. The highest BCUT2D eigenvalue weighted by Crippen LogP contribution is 2.33. The van der Waals surface area contributed by atoms with Crippen LogP contribution in [0.25, 0.3) is 10.9 Å². The zero-order valence-corrected chi connectivity index (χ0v) is 14.1. The van der Waals surface area contributed by atoms with Crippen molar-refractivity contribution in [2.24, 2.45) is 0 Å². The van der Waals surface area contributed by atoms with Crippen molar-refractivity contribution in [1.82, 2.24) is 14.8 Å². The Morgan fingerprint density at radius 1 is 1.38 bits per heavy atom. The van der Waals surface area contributed by atoms with E-state index in [4.69, 9.17) is 5.26 Å². The van der Waals surface area contributed by atoms with Crippen LogP contribution < -0.4 is 4.72 Å². The molecule has 136 valence electrons. The maximum atomic E-state index is 12.8. The van der Waals surface area contributed by atoms with E-state index in [0.29, 0.717) is 6.54 Å². The summed E-state index contributed by atoms with van der Waals surface area (Å²) in [4.78, 5) is 2.31. The average molecular weight is 383 g/mol. The van der Waals surface area contributed by atoms with Gasteiger partial charge in [-0.3, -0.25) is 9.40 Å². The molecular weight excluding hydrogens is 371 g/mol. The Bertz CT molecular complexity index is 1120. The van der Waals surface area contributed by atoms with E-state index in [0.717, 1.165) is 24.4 Å². The molecular formula is C15H12F3N5O2S. The SMILES string of the molecule is CCn1cc(NS(=O)(=O)c2c[nH]c3cc(C(F)(F)F)ccc23)c(C#N)n1. The maximum Gasteiger partial charge on any atom is 0.416 e. The van der Waals surface area contributed by atoms with Crippen molar-refractivity contribution in [3.05, 3.63) is 41.9 Å². The highest BCUT2D eigenvalue weighted by molar-refractivity contribution is 7.93. The first kappa shape index (κ1) is 17.8. The third kappa shape index (κ3) is 3.11. The summed E-state index contributed by atoms with van der Waals surface area (Å²) < 4.78 is 67.2. The number of hydrogen-bond acceptors (Lipinski definition) is 4. The second-order valence-corrected chi connectivity index (χ2v) is 7.03. The van der Waals surface area contributed by atoms with E-state index in [1.54, 1.807) is 13.0 Å². The van der Waals surface area contributed by atoms with Crippen LogP contribution in [-0.2, 0) is 22.7 Å². The number of hydrogen-bond donors (Lipinski definition) is 2. The van der Waals surface area contributed by atoms with Gasteiger partial charge in [0.1, 0.15) is 16.7 Å². The number of sulfonamides is 1. The normalized spacial score (nSPS) is 12.3. The number of halogens is 3. The third-order valence-electron chi connectivity index (χ3n) is 3.70. The molecule has 26 heavy (non-hydrogen) atoms. The van der Waals surface area contributed by atoms with Gasteiger partial charge in [-0.05, 0) is 19.1 Å². The van der Waals surface area contributed by atoms with Crippen molar-refractivity contribution in [3.8, 4) is 6.07 Å². The number of nitrogens with zero attached hydrogens (tertiary/aromatic N) is 3. The molecule has 2 heterocycles. The monoisotopic (exact) mass is 383 g/mol. The zero-order chi connectivity index (χ0) is 19.1. The molecule has 0 aliphatic heterocycles. The van der Waals surface area contributed by atoms with Crippen LogP contribution in [0.3, 0.4) is 0 Å². The van der Waals surface area contributed by atoms with Crippen molar-refractivity contribution in [2.75, 3.05) is 4.72 Å². The number of rotatable bonds is 4. The largest absolute Gasteiger partial charge is 0.416 e. The lowest BCUT2D eigenvalue weighted by atomic mass is 10.1. The van der Waals surface area contributed by atoms with Gasteiger partial charge in [-0.15, -0.1) is 0 Å². The maximum absolute atomic E-state index is 12.8. The lowest BCUT2D eigenvalue weighted by molar-refractivity contribution is -0.137. The van der Waals surface area contributed by atoms with Crippen molar-refractivity contribution in [2.45, 2.75) is 24.5 Å². The van der Waals surface area contributed by atoms with E-state index in [2.05, 4.69) is 14.8 Å². The average Bonchev–Trinajstić information content (AvgIpc) is 3.16. The van der Waals surface area contributed by atoms with Gasteiger partial charge in [-0.1, -0.05) is 6.07 Å². The molecule has 3 rings (SSSR count). The van der Waals surface area contributed by atoms with Gasteiger partial charge in [0, 0.05) is 23.6 Å². The minimum atomic E-state index is -4.53. The lowest BCUT2D eigenvalue weighted by Gasteiger charge is -2.07. The molecule has 0 aliphatic carbocycles. The van der Waals surface area contributed by atoms with E-state index in [-0.39, 0.29) is 27.2 Å². The Labute approximate surface area is 146 Å². The number of aromatic amines is 1. The highest BCUT2D eigenvalue weighted by Gasteiger charge is 2.31. The number of nitrogens with one attached hydrogen (secondary N) is 2. The van der Waals surface area contributed by atoms with Crippen LogP contribution in [0.1, 0.15) is 18.2 Å². The summed E-state index contributed by atoms with van der Waals surface area (Å²) >= 11 is 0. The quantitative estimate of drug-likeness (QED) is 0.722. The predicted molar refractivity (Wildman–Crippen MR) is 86.7 cm³/mol. The Balaban J connectivity index is 2.03. The number of H-pyrrole nitrogens is 1. The second kappa shape index (κ2) is 6.06. The standard InChI is InChI=1S/C15H12F3N5O2S/c1-2-23-8-13(12(6-19)21-23)22-26(24,25)14-7-20-11-5-9(15(16,17)18)3-4-10(11)14/h3-5,7-8,20,22H,2H2,1H3. The van der Waals surface area contributed by atoms with Crippen molar-refractivity contribution in [1.29, 1.82) is 5.26 Å². The molecule has 0 bridgehead atoms. The molecule has 0 saturated carbocycles. The number of nitriles is 1. The summed E-state index contributed by atoms with van der Waals surface area (Å²) in [6.07, 6.45) is -2.07. The molecule has 0 saturated heterocycles. The molecule has 0 radical (unpaired) electrons. The fraction of sp³-hybridized carbons (Fsp3) is 0.200. The molecule has 2 N–H and O–H groups in total. The summed E-state index contributed by atoms with van der Waals surface area (Å²) in [6.45, 7) is 2.20. The van der Waals surface area contributed by atoms with Gasteiger partial charge in [0.25, 0.3) is 10.0 Å². The Hall–Kier alpha value is -3.00. The summed E-state index contributed by atoms with van der Waals surface area (Å²) in [7, 11) is -4.14. The fourth-order valence-corrected chi connectivity index (χ4v) is 3.67. The molecule has 7 nitrogen and oxygen atoms in total. The number of anilines is 1. The Morgan fingerprint density at radius 2 is 2.12 bits per heavy atom. The van der Waals surface area contributed by atoms with Gasteiger partial charge in [-0.2, -0.15) is 23.5 Å². The summed E-state index contributed by atoms with van der Waals surface area (Å²) in [6, 6.07) is 4.52. The lowest BCUT2D eigenvalue weighted by Crippen LogP contribution is -2.13. The number of aromatic nitrogens is 3. The molecule has 11 heteroatoms. The summed E-state index contributed by atoms with van der Waals surface area (Å²) in [5, 5.41) is 13.1. The van der Waals surface area contributed by atoms with Gasteiger partial charge in [0.05, 0.1) is 11.8 Å². The molecule has 1 aromatic carbocycles. The molecule has 0 amide bonds. The first-order valence-electron chi connectivity index (χ1n) is 7.34. The fourth-order valence-electron chi connectivity index (χ4n) is 2.44. The first-order chi connectivity index (χ1) is 12.2. The predicted octanol–water partition coefficient (Wildman–Crippen LogP) is 3.08.